The summed E-state index contributed by atoms with van der Waals surface area (Å²) >= 11 is 1.46. The average Bonchev–Trinajstić information content (AvgIpc) is 2.94. The van der Waals surface area contributed by atoms with Crippen molar-refractivity contribution in [2.75, 3.05) is 5.32 Å². The highest BCUT2D eigenvalue weighted by Crippen LogP contribution is 2.22. The Morgan fingerprint density at radius 1 is 1.24 bits per heavy atom. The molecule has 21 heavy (non-hydrogen) atoms. The first kappa shape index (κ1) is 13.7. The minimum absolute atomic E-state index is 0.240. The van der Waals surface area contributed by atoms with Crippen LogP contribution in [0.3, 0.4) is 0 Å². The summed E-state index contributed by atoms with van der Waals surface area (Å²) in [6, 6.07) is 1.93. The van der Waals surface area contributed by atoms with Crippen LogP contribution in [-0.4, -0.2) is 25.5 Å². The Kier molecular flexibility index (Phi) is 3.21. The molecular formula is C14H15N5OS. The molecule has 0 atom stereocenters. The number of aryl methyl sites for hydroxylation is 4. The van der Waals surface area contributed by atoms with Crippen LogP contribution in [0.1, 0.15) is 32.3 Å². The molecule has 7 heteroatoms. The van der Waals surface area contributed by atoms with E-state index in [1.54, 1.807) is 4.52 Å². The Morgan fingerprint density at radius 2 is 2.00 bits per heavy atom. The zero-order chi connectivity index (χ0) is 15.1. The third kappa shape index (κ3) is 2.40. The molecule has 0 fully saturated rings. The van der Waals surface area contributed by atoms with E-state index in [-0.39, 0.29) is 5.91 Å². The van der Waals surface area contributed by atoms with E-state index in [0.717, 1.165) is 22.0 Å². The van der Waals surface area contributed by atoms with Crippen LogP contribution in [-0.2, 0) is 0 Å². The lowest BCUT2D eigenvalue weighted by Crippen LogP contribution is -2.12. The molecular weight excluding hydrogens is 286 g/mol. The smallest absolute Gasteiger partial charge is 0.262 e. The zero-order valence-corrected chi connectivity index (χ0v) is 13.1. The number of anilines is 1. The molecule has 0 aliphatic carbocycles. The van der Waals surface area contributed by atoms with Crippen LogP contribution in [0.15, 0.2) is 12.3 Å². The van der Waals surface area contributed by atoms with E-state index < -0.39 is 0 Å². The summed E-state index contributed by atoms with van der Waals surface area (Å²) in [6.07, 6.45) is 1.54. The summed E-state index contributed by atoms with van der Waals surface area (Å²) in [4.78, 5) is 22.2. The third-order valence-electron chi connectivity index (χ3n) is 3.27. The predicted octanol–water partition coefficient (Wildman–Crippen LogP) is 2.67. The van der Waals surface area contributed by atoms with Gasteiger partial charge in [0.1, 0.15) is 5.56 Å². The minimum atomic E-state index is -0.240. The molecule has 3 rings (SSSR count). The van der Waals surface area contributed by atoms with Gasteiger partial charge in [0.25, 0.3) is 5.91 Å². The molecule has 1 N–H and O–H groups in total. The van der Waals surface area contributed by atoms with Crippen molar-refractivity contribution in [2.45, 2.75) is 27.7 Å². The zero-order valence-electron chi connectivity index (χ0n) is 12.3. The molecule has 0 saturated heterocycles. The number of amides is 1. The van der Waals surface area contributed by atoms with Gasteiger partial charge >= 0.3 is 0 Å². The van der Waals surface area contributed by atoms with E-state index in [1.165, 1.54) is 17.5 Å². The quantitative estimate of drug-likeness (QED) is 0.790. The Morgan fingerprint density at radius 3 is 2.67 bits per heavy atom. The van der Waals surface area contributed by atoms with Crippen molar-refractivity contribution < 1.29 is 4.79 Å². The van der Waals surface area contributed by atoms with E-state index in [0.29, 0.717) is 16.3 Å². The molecule has 3 aromatic heterocycles. The van der Waals surface area contributed by atoms with Crippen molar-refractivity contribution in [3.8, 4) is 0 Å². The molecule has 0 aromatic carbocycles. The van der Waals surface area contributed by atoms with E-state index in [9.17, 15) is 4.79 Å². The van der Waals surface area contributed by atoms with Crippen LogP contribution < -0.4 is 5.32 Å². The highest BCUT2D eigenvalue weighted by molar-refractivity contribution is 7.15. The Bertz CT molecular complexity index is 829. The lowest BCUT2D eigenvalue weighted by Gasteiger charge is -2.02. The van der Waals surface area contributed by atoms with E-state index in [2.05, 4.69) is 20.4 Å². The second kappa shape index (κ2) is 4.92. The van der Waals surface area contributed by atoms with Gasteiger partial charge in [0.05, 0.1) is 11.9 Å². The molecule has 0 bridgehead atoms. The standard InChI is InChI=1S/C14H15N5OS/c1-7-5-8(2)19-12(16-7)11(6-15-19)13(20)18-14-17-9(3)10(4)21-14/h5-6H,1-4H3,(H,17,18,20). The maximum Gasteiger partial charge on any atom is 0.262 e. The average molecular weight is 301 g/mol. The van der Waals surface area contributed by atoms with Crippen LogP contribution in [0.4, 0.5) is 5.13 Å². The van der Waals surface area contributed by atoms with Gasteiger partial charge in [-0.15, -0.1) is 11.3 Å². The van der Waals surface area contributed by atoms with Crippen LogP contribution in [0.25, 0.3) is 5.65 Å². The van der Waals surface area contributed by atoms with Crippen molar-refractivity contribution in [1.29, 1.82) is 0 Å². The number of carbonyl (C=O) groups excluding carboxylic acids is 1. The van der Waals surface area contributed by atoms with Crippen LogP contribution in [0.2, 0.25) is 0 Å². The van der Waals surface area contributed by atoms with Crippen molar-refractivity contribution in [2.24, 2.45) is 0 Å². The predicted molar refractivity (Wildman–Crippen MR) is 82.0 cm³/mol. The number of hydrogen-bond acceptors (Lipinski definition) is 5. The number of aromatic nitrogens is 4. The molecule has 0 radical (unpaired) electrons. The fraction of sp³-hybridized carbons (Fsp3) is 0.286. The molecule has 108 valence electrons. The number of thiazole rings is 1. The van der Waals surface area contributed by atoms with Gasteiger partial charge in [0.2, 0.25) is 0 Å². The lowest BCUT2D eigenvalue weighted by atomic mass is 10.3. The largest absolute Gasteiger partial charge is 0.298 e. The fourth-order valence-electron chi connectivity index (χ4n) is 2.12. The van der Waals surface area contributed by atoms with E-state index in [1.807, 2.05) is 33.8 Å². The van der Waals surface area contributed by atoms with Crippen molar-refractivity contribution in [3.63, 3.8) is 0 Å². The van der Waals surface area contributed by atoms with Gasteiger partial charge in [-0.05, 0) is 33.8 Å². The Hall–Kier alpha value is -2.28. The number of carbonyl (C=O) groups is 1. The summed E-state index contributed by atoms with van der Waals surface area (Å²) < 4.78 is 1.67. The molecule has 1 amide bonds. The maximum atomic E-state index is 12.4. The van der Waals surface area contributed by atoms with Crippen LogP contribution in [0.5, 0.6) is 0 Å². The van der Waals surface area contributed by atoms with Gasteiger partial charge in [-0.25, -0.2) is 14.5 Å². The van der Waals surface area contributed by atoms with Crippen molar-refractivity contribution in [3.05, 3.63) is 39.8 Å². The van der Waals surface area contributed by atoms with Gasteiger partial charge in [-0.1, -0.05) is 0 Å². The number of rotatable bonds is 2. The highest BCUT2D eigenvalue weighted by atomic mass is 32.1. The van der Waals surface area contributed by atoms with Gasteiger partial charge in [-0.2, -0.15) is 5.10 Å². The molecule has 3 heterocycles. The normalized spacial score (nSPS) is 11.0. The lowest BCUT2D eigenvalue weighted by molar-refractivity contribution is 0.102. The molecule has 0 unspecified atom stereocenters. The second-order valence-electron chi connectivity index (χ2n) is 4.95. The summed E-state index contributed by atoms with van der Waals surface area (Å²) in [5, 5.41) is 7.63. The second-order valence-corrected chi connectivity index (χ2v) is 6.15. The first-order valence-electron chi connectivity index (χ1n) is 6.53. The van der Waals surface area contributed by atoms with E-state index in [4.69, 9.17) is 0 Å². The van der Waals surface area contributed by atoms with Gasteiger partial charge in [0, 0.05) is 16.3 Å². The summed E-state index contributed by atoms with van der Waals surface area (Å²) in [6.45, 7) is 7.73. The summed E-state index contributed by atoms with van der Waals surface area (Å²) in [5.74, 6) is -0.240. The maximum absolute atomic E-state index is 12.4. The van der Waals surface area contributed by atoms with Gasteiger partial charge < -0.3 is 0 Å². The van der Waals surface area contributed by atoms with Crippen LogP contribution >= 0.6 is 11.3 Å². The van der Waals surface area contributed by atoms with Crippen LogP contribution in [0, 0.1) is 27.7 Å². The van der Waals surface area contributed by atoms with Crippen molar-refractivity contribution in [1.82, 2.24) is 19.6 Å². The summed E-state index contributed by atoms with van der Waals surface area (Å²) in [5.41, 5.74) is 3.75. The highest BCUT2D eigenvalue weighted by Gasteiger charge is 2.17. The number of fused-ring (bicyclic) bond motifs is 1. The molecule has 6 nitrogen and oxygen atoms in total. The van der Waals surface area contributed by atoms with Gasteiger partial charge in [-0.3, -0.25) is 10.1 Å². The van der Waals surface area contributed by atoms with Gasteiger partial charge in [0.15, 0.2) is 10.8 Å². The Labute approximate surface area is 125 Å². The molecule has 0 saturated carbocycles. The minimum Gasteiger partial charge on any atom is -0.298 e. The number of nitrogens with zero attached hydrogens (tertiary/aromatic N) is 4. The number of hydrogen-bond donors (Lipinski definition) is 1. The Balaban J connectivity index is 1.98. The first-order valence-corrected chi connectivity index (χ1v) is 7.34. The van der Waals surface area contributed by atoms with E-state index >= 15 is 0 Å². The molecule has 0 spiro atoms. The monoisotopic (exact) mass is 301 g/mol. The third-order valence-corrected chi connectivity index (χ3v) is 4.26. The molecule has 0 aliphatic rings. The SMILES string of the molecule is Cc1cc(C)n2ncc(C(=O)Nc3nc(C)c(C)s3)c2n1. The first-order chi connectivity index (χ1) is 9.95. The molecule has 0 aliphatic heterocycles. The fourth-order valence-corrected chi connectivity index (χ4v) is 2.93. The topological polar surface area (TPSA) is 72.2 Å². The van der Waals surface area contributed by atoms with Crippen molar-refractivity contribution >= 4 is 28.0 Å². The summed E-state index contributed by atoms with van der Waals surface area (Å²) in [7, 11) is 0. The number of nitrogens with one attached hydrogen (secondary N) is 1. The molecule has 3 aromatic rings.